The fourth-order valence-electron chi connectivity index (χ4n) is 3.61. The van der Waals surface area contributed by atoms with Gasteiger partial charge in [-0.1, -0.05) is 25.3 Å². The Hall–Kier alpha value is -2.41. The van der Waals surface area contributed by atoms with Crippen molar-refractivity contribution in [3.8, 4) is 5.75 Å². The van der Waals surface area contributed by atoms with Gasteiger partial charge in [0, 0.05) is 11.4 Å². The smallest absolute Gasteiger partial charge is 0.270 e. The molecule has 0 unspecified atom stereocenters. The van der Waals surface area contributed by atoms with Crippen molar-refractivity contribution < 1.29 is 14.3 Å². The van der Waals surface area contributed by atoms with E-state index in [4.69, 9.17) is 4.74 Å². The molecule has 0 radical (unpaired) electrons. The molecule has 0 bridgehead atoms. The maximum Gasteiger partial charge on any atom is 0.270 e. The number of benzene rings is 1. The molecule has 27 heavy (non-hydrogen) atoms. The number of aromatic nitrogens is 1. The van der Waals surface area contributed by atoms with Crippen LogP contribution >= 0.6 is 11.3 Å². The number of nitrogens with zero attached hydrogens (tertiary/aromatic N) is 2. The van der Waals surface area contributed by atoms with E-state index in [1.165, 1.54) is 30.6 Å². The molecule has 1 fully saturated rings. The van der Waals surface area contributed by atoms with Gasteiger partial charge in [-0.05, 0) is 37.5 Å². The van der Waals surface area contributed by atoms with Gasteiger partial charge < -0.3 is 10.1 Å². The van der Waals surface area contributed by atoms with Gasteiger partial charge in [0.25, 0.3) is 11.8 Å². The summed E-state index contributed by atoms with van der Waals surface area (Å²) in [6.07, 6.45) is 5.68. The maximum absolute atomic E-state index is 12.5. The number of fused-ring (bicyclic) bond motifs is 1. The van der Waals surface area contributed by atoms with Crippen molar-refractivity contribution in [2.45, 2.75) is 51.6 Å². The van der Waals surface area contributed by atoms with Crippen LogP contribution in [0.2, 0.25) is 0 Å². The second-order valence-electron chi connectivity index (χ2n) is 7.17. The normalized spacial score (nSPS) is 17.4. The molecular weight excluding hydrogens is 362 g/mol. The summed E-state index contributed by atoms with van der Waals surface area (Å²) < 4.78 is 5.54. The molecule has 0 atom stereocenters. The standard InChI is InChI=1S/C20H23N3O3S/c1-13-7-8-16-17(9-13)26-11-19(24)23(16)10-18-22-15(12-27-18)20(25)21-14-5-3-2-4-6-14/h7-9,12,14H,2-6,10-11H2,1H3,(H,21,25). The molecule has 2 amide bonds. The van der Waals surface area contributed by atoms with E-state index >= 15 is 0 Å². The summed E-state index contributed by atoms with van der Waals surface area (Å²) in [7, 11) is 0. The zero-order valence-corrected chi connectivity index (χ0v) is 16.2. The summed E-state index contributed by atoms with van der Waals surface area (Å²) in [5.74, 6) is 0.491. The van der Waals surface area contributed by atoms with E-state index < -0.39 is 0 Å². The van der Waals surface area contributed by atoms with Gasteiger partial charge in [0.1, 0.15) is 16.5 Å². The quantitative estimate of drug-likeness (QED) is 0.875. The minimum Gasteiger partial charge on any atom is -0.482 e. The third-order valence-electron chi connectivity index (χ3n) is 5.08. The van der Waals surface area contributed by atoms with Crippen molar-refractivity contribution in [2.24, 2.45) is 0 Å². The van der Waals surface area contributed by atoms with Crippen LogP contribution in [0, 0.1) is 6.92 Å². The zero-order chi connectivity index (χ0) is 18.8. The van der Waals surface area contributed by atoms with E-state index in [2.05, 4.69) is 10.3 Å². The lowest BCUT2D eigenvalue weighted by molar-refractivity contribution is -0.121. The van der Waals surface area contributed by atoms with Crippen LogP contribution < -0.4 is 15.0 Å². The number of thiazole rings is 1. The maximum atomic E-state index is 12.5. The molecule has 6 nitrogen and oxygen atoms in total. The molecule has 7 heteroatoms. The van der Waals surface area contributed by atoms with Gasteiger partial charge in [0.15, 0.2) is 6.61 Å². The molecule has 1 aromatic carbocycles. The fraction of sp³-hybridized carbons (Fsp3) is 0.450. The Bertz CT molecular complexity index is 858. The van der Waals surface area contributed by atoms with E-state index in [1.807, 2.05) is 25.1 Å². The van der Waals surface area contributed by atoms with Gasteiger partial charge in [-0.15, -0.1) is 11.3 Å². The molecule has 1 aliphatic carbocycles. The molecule has 1 aromatic heterocycles. The first kappa shape index (κ1) is 18.0. The van der Waals surface area contributed by atoms with Gasteiger partial charge in [-0.2, -0.15) is 0 Å². The largest absolute Gasteiger partial charge is 0.482 e. The Morgan fingerprint density at radius 1 is 1.33 bits per heavy atom. The molecule has 2 aliphatic rings. The molecule has 1 N–H and O–H groups in total. The highest BCUT2D eigenvalue weighted by Gasteiger charge is 2.27. The molecule has 4 rings (SSSR count). The summed E-state index contributed by atoms with van der Waals surface area (Å²) in [5.41, 5.74) is 2.27. The van der Waals surface area contributed by atoms with Crippen LogP contribution in [-0.2, 0) is 11.3 Å². The van der Waals surface area contributed by atoms with Crippen LogP contribution in [0.5, 0.6) is 5.75 Å². The summed E-state index contributed by atoms with van der Waals surface area (Å²) in [6.45, 7) is 2.36. The highest BCUT2D eigenvalue weighted by Crippen LogP contribution is 2.34. The van der Waals surface area contributed by atoms with Crippen molar-refractivity contribution in [2.75, 3.05) is 11.5 Å². The number of hydrogen-bond donors (Lipinski definition) is 1. The molecule has 142 valence electrons. The summed E-state index contributed by atoms with van der Waals surface area (Å²) in [4.78, 5) is 30.9. The van der Waals surface area contributed by atoms with Crippen LogP contribution in [0.4, 0.5) is 5.69 Å². The van der Waals surface area contributed by atoms with Gasteiger partial charge in [0.2, 0.25) is 0 Å². The molecular formula is C20H23N3O3S. The van der Waals surface area contributed by atoms with Crippen molar-refractivity contribution in [1.29, 1.82) is 0 Å². The van der Waals surface area contributed by atoms with E-state index in [0.29, 0.717) is 18.0 Å². The summed E-state index contributed by atoms with van der Waals surface area (Å²) in [6, 6.07) is 6.04. The summed E-state index contributed by atoms with van der Waals surface area (Å²) in [5, 5.41) is 5.60. The molecule has 0 spiro atoms. The number of aryl methyl sites for hydroxylation is 1. The number of hydrogen-bond acceptors (Lipinski definition) is 5. The van der Waals surface area contributed by atoms with Crippen LogP contribution in [-0.4, -0.2) is 29.4 Å². The first-order valence-electron chi connectivity index (χ1n) is 9.39. The minimum atomic E-state index is -0.117. The number of amides is 2. The number of nitrogens with one attached hydrogen (secondary N) is 1. The highest BCUT2D eigenvalue weighted by molar-refractivity contribution is 7.09. The zero-order valence-electron chi connectivity index (χ0n) is 15.4. The predicted octanol–water partition coefficient (Wildman–Crippen LogP) is 3.44. The van der Waals surface area contributed by atoms with E-state index in [-0.39, 0.29) is 24.5 Å². The topological polar surface area (TPSA) is 71.5 Å². The lowest BCUT2D eigenvalue weighted by Crippen LogP contribution is -2.38. The number of ether oxygens (including phenoxy) is 1. The van der Waals surface area contributed by atoms with Crippen LogP contribution in [0.3, 0.4) is 0 Å². The van der Waals surface area contributed by atoms with Crippen molar-refractivity contribution in [1.82, 2.24) is 10.3 Å². The summed E-state index contributed by atoms with van der Waals surface area (Å²) >= 11 is 1.41. The lowest BCUT2D eigenvalue weighted by atomic mass is 9.95. The predicted molar refractivity (Wildman–Crippen MR) is 104 cm³/mol. The van der Waals surface area contributed by atoms with Gasteiger partial charge in [-0.25, -0.2) is 4.98 Å². The Labute approximate surface area is 162 Å². The van der Waals surface area contributed by atoms with Crippen LogP contribution in [0.1, 0.15) is 53.2 Å². The van der Waals surface area contributed by atoms with Crippen molar-refractivity contribution in [3.63, 3.8) is 0 Å². The average Bonchev–Trinajstić information content (AvgIpc) is 3.14. The van der Waals surface area contributed by atoms with Gasteiger partial charge >= 0.3 is 0 Å². The van der Waals surface area contributed by atoms with Crippen LogP contribution in [0.15, 0.2) is 23.6 Å². The van der Waals surface area contributed by atoms with Crippen molar-refractivity contribution >= 4 is 28.8 Å². The Kier molecular flexibility index (Phi) is 5.11. The lowest BCUT2D eigenvalue weighted by Gasteiger charge is -2.28. The fourth-order valence-corrected chi connectivity index (χ4v) is 4.38. The molecule has 1 saturated carbocycles. The number of rotatable bonds is 4. The van der Waals surface area contributed by atoms with Crippen molar-refractivity contribution in [3.05, 3.63) is 39.8 Å². The average molecular weight is 385 g/mol. The van der Waals surface area contributed by atoms with E-state index in [1.54, 1.807) is 10.3 Å². The Morgan fingerprint density at radius 2 is 2.15 bits per heavy atom. The molecule has 0 saturated heterocycles. The Balaban J connectivity index is 1.46. The first-order valence-corrected chi connectivity index (χ1v) is 10.3. The Morgan fingerprint density at radius 3 is 2.96 bits per heavy atom. The van der Waals surface area contributed by atoms with Gasteiger partial charge in [-0.3, -0.25) is 14.5 Å². The molecule has 1 aliphatic heterocycles. The molecule has 2 aromatic rings. The number of anilines is 1. The van der Waals surface area contributed by atoms with E-state index in [9.17, 15) is 9.59 Å². The first-order chi connectivity index (χ1) is 13.1. The SMILES string of the molecule is Cc1ccc2c(c1)OCC(=O)N2Cc1nc(C(=O)NC2CCCCC2)cs1. The highest BCUT2D eigenvalue weighted by atomic mass is 32.1. The van der Waals surface area contributed by atoms with Gasteiger partial charge in [0.05, 0.1) is 12.2 Å². The number of carbonyl (C=O) groups is 2. The second kappa shape index (κ2) is 7.68. The third kappa shape index (κ3) is 3.98. The minimum absolute atomic E-state index is 0.0247. The van der Waals surface area contributed by atoms with Crippen LogP contribution in [0.25, 0.3) is 0 Å². The van der Waals surface area contributed by atoms with E-state index in [0.717, 1.165) is 29.1 Å². The third-order valence-corrected chi connectivity index (χ3v) is 5.91. The number of carbonyl (C=O) groups excluding carboxylic acids is 2. The molecule has 2 heterocycles. The second-order valence-corrected chi connectivity index (χ2v) is 8.12. The monoisotopic (exact) mass is 385 g/mol.